The van der Waals surface area contributed by atoms with E-state index in [4.69, 9.17) is 21.1 Å². The van der Waals surface area contributed by atoms with Crippen LogP contribution in [-0.4, -0.2) is 56.0 Å². The largest absolute Gasteiger partial charge is 0.377 e. The van der Waals surface area contributed by atoms with Crippen molar-refractivity contribution in [3.8, 4) is 0 Å². The van der Waals surface area contributed by atoms with Crippen molar-refractivity contribution < 1.29 is 18.7 Å². The van der Waals surface area contributed by atoms with E-state index in [-0.39, 0.29) is 12.1 Å². The number of hydrogen-bond donors (Lipinski definition) is 0. The molecule has 1 rings (SSSR count). The fraction of sp³-hybridized carbons (Fsp3) is 0.875. The van der Waals surface area contributed by atoms with E-state index in [0.717, 1.165) is 0 Å². The third-order valence-corrected chi connectivity index (χ3v) is 2.52. The summed E-state index contributed by atoms with van der Waals surface area (Å²) in [7, 11) is 3.01. The first-order chi connectivity index (χ1) is 6.57. The molecule has 0 aromatic rings. The highest BCUT2D eigenvalue weighted by atomic mass is 35.5. The molecule has 1 fully saturated rings. The van der Waals surface area contributed by atoms with E-state index in [1.54, 1.807) is 0 Å². The Morgan fingerprint density at radius 1 is 1.71 bits per heavy atom. The standard InChI is InChI=1S/C8H13ClFNO3/c1-11(8(12)7(9)10)5-3-14-4-6(5)13-2/h5-7H,3-4H2,1-2H3/t5-,6+,7?/m0/s1. The van der Waals surface area contributed by atoms with Crippen molar-refractivity contribution in [2.45, 2.75) is 17.8 Å². The Bertz CT molecular complexity index is 215. The second kappa shape index (κ2) is 4.91. The number of carbonyl (C=O) groups excluding carboxylic acids is 1. The number of rotatable bonds is 3. The van der Waals surface area contributed by atoms with Crippen LogP contribution in [0, 0.1) is 0 Å². The van der Waals surface area contributed by atoms with Gasteiger partial charge in [0.15, 0.2) is 0 Å². The molecule has 0 spiro atoms. The number of alkyl halides is 2. The molecule has 1 amide bonds. The molecule has 0 N–H and O–H groups in total. The van der Waals surface area contributed by atoms with Crippen LogP contribution in [0.15, 0.2) is 0 Å². The molecule has 82 valence electrons. The highest BCUT2D eigenvalue weighted by Crippen LogP contribution is 2.16. The summed E-state index contributed by atoms with van der Waals surface area (Å²) in [5, 5.41) is 0. The Labute approximate surface area is 86.9 Å². The van der Waals surface area contributed by atoms with Crippen molar-refractivity contribution in [3.05, 3.63) is 0 Å². The lowest BCUT2D eigenvalue weighted by molar-refractivity contribution is -0.136. The molecule has 0 saturated carbocycles. The molecule has 4 nitrogen and oxygen atoms in total. The van der Waals surface area contributed by atoms with Gasteiger partial charge in [0, 0.05) is 14.2 Å². The van der Waals surface area contributed by atoms with Crippen LogP contribution in [0.2, 0.25) is 0 Å². The number of carbonyl (C=O) groups is 1. The molecule has 0 aromatic carbocycles. The van der Waals surface area contributed by atoms with Crippen molar-refractivity contribution in [1.29, 1.82) is 0 Å². The second-order valence-corrected chi connectivity index (χ2v) is 3.51. The maximum Gasteiger partial charge on any atom is 0.272 e. The molecule has 1 heterocycles. The molecule has 1 aliphatic rings. The SMILES string of the molecule is CO[C@@H]1COC[C@@H]1N(C)C(=O)C(F)Cl. The number of hydrogen-bond acceptors (Lipinski definition) is 3. The van der Waals surface area contributed by atoms with Gasteiger partial charge in [0.05, 0.1) is 19.3 Å². The van der Waals surface area contributed by atoms with Gasteiger partial charge in [-0.2, -0.15) is 0 Å². The van der Waals surface area contributed by atoms with Crippen LogP contribution in [0.4, 0.5) is 4.39 Å². The van der Waals surface area contributed by atoms with Crippen LogP contribution < -0.4 is 0 Å². The maximum atomic E-state index is 12.5. The van der Waals surface area contributed by atoms with Crippen LogP contribution >= 0.6 is 11.6 Å². The van der Waals surface area contributed by atoms with Crippen LogP contribution in [0.25, 0.3) is 0 Å². The molecule has 0 aromatic heterocycles. The Morgan fingerprint density at radius 3 is 2.86 bits per heavy atom. The molecule has 1 aliphatic heterocycles. The highest BCUT2D eigenvalue weighted by molar-refractivity contribution is 6.29. The molecule has 0 aliphatic carbocycles. The Hall–Kier alpha value is -0.390. The van der Waals surface area contributed by atoms with Crippen LogP contribution in [0.1, 0.15) is 0 Å². The number of methoxy groups -OCH3 is 1. The van der Waals surface area contributed by atoms with E-state index in [2.05, 4.69) is 0 Å². The van der Waals surface area contributed by atoms with Gasteiger partial charge in [-0.25, -0.2) is 4.39 Å². The van der Waals surface area contributed by atoms with E-state index in [1.807, 2.05) is 0 Å². The number of likely N-dealkylation sites (N-methyl/N-ethyl adjacent to an activating group) is 1. The molecular weight excluding hydrogens is 213 g/mol. The zero-order valence-electron chi connectivity index (χ0n) is 8.07. The monoisotopic (exact) mass is 225 g/mol. The number of amides is 1. The first-order valence-electron chi connectivity index (χ1n) is 4.23. The number of halogens is 2. The Balaban J connectivity index is 2.59. The first kappa shape index (κ1) is 11.7. The van der Waals surface area contributed by atoms with E-state index in [0.29, 0.717) is 13.2 Å². The summed E-state index contributed by atoms with van der Waals surface area (Å²) in [4.78, 5) is 12.4. The van der Waals surface area contributed by atoms with Crippen LogP contribution in [-0.2, 0) is 14.3 Å². The lowest BCUT2D eigenvalue weighted by Gasteiger charge is -2.27. The quantitative estimate of drug-likeness (QED) is 0.653. The molecule has 0 radical (unpaired) electrons. The zero-order valence-corrected chi connectivity index (χ0v) is 8.83. The lowest BCUT2D eigenvalue weighted by Crippen LogP contribution is -2.46. The van der Waals surface area contributed by atoms with Gasteiger partial charge in [0.2, 0.25) is 0 Å². The van der Waals surface area contributed by atoms with Gasteiger partial charge in [-0.1, -0.05) is 11.6 Å². The first-order valence-corrected chi connectivity index (χ1v) is 4.67. The summed E-state index contributed by atoms with van der Waals surface area (Å²) >= 11 is 5.05. The Kier molecular flexibility index (Phi) is 4.10. The number of ether oxygens (including phenoxy) is 2. The van der Waals surface area contributed by atoms with Gasteiger partial charge in [0.1, 0.15) is 6.10 Å². The van der Waals surface area contributed by atoms with Gasteiger partial charge in [0.25, 0.3) is 11.5 Å². The van der Waals surface area contributed by atoms with E-state index in [1.165, 1.54) is 19.1 Å². The summed E-state index contributed by atoms with van der Waals surface area (Å²) in [5.41, 5.74) is -2.00. The average molecular weight is 226 g/mol. The van der Waals surface area contributed by atoms with Crippen LogP contribution in [0.3, 0.4) is 0 Å². The molecule has 3 atom stereocenters. The van der Waals surface area contributed by atoms with Crippen LogP contribution in [0.5, 0.6) is 0 Å². The minimum atomic E-state index is -2.00. The molecule has 6 heteroatoms. The summed E-state index contributed by atoms with van der Waals surface area (Å²) < 4.78 is 22.7. The Morgan fingerprint density at radius 2 is 2.36 bits per heavy atom. The third kappa shape index (κ3) is 2.34. The maximum absolute atomic E-state index is 12.5. The van der Waals surface area contributed by atoms with Gasteiger partial charge in [-0.3, -0.25) is 4.79 Å². The average Bonchev–Trinajstić information content (AvgIpc) is 2.62. The second-order valence-electron chi connectivity index (χ2n) is 3.13. The normalized spacial score (nSPS) is 28.9. The highest BCUT2D eigenvalue weighted by Gasteiger charge is 2.35. The predicted octanol–water partition coefficient (Wildman–Crippen LogP) is 0.393. The lowest BCUT2D eigenvalue weighted by atomic mass is 10.2. The molecular formula is C8H13ClFNO3. The van der Waals surface area contributed by atoms with Gasteiger partial charge in [-0.15, -0.1) is 0 Å². The fourth-order valence-corrected chi connectivity index (χ4v) is 1.58. The van der Waals surface area contributed by atoms with Crippen molar-refractivity contribution in [2.24, 2.45) is 0 Å². The van der Waals surface area contributed by atoms with Gasteiger partial charge >= 0.3 is 0 Å². The van der Waals surface area contributed by atoms with Crippen molar-refractivity contribution >= 4 is 17.5 Å². The summed E-state index contributed by atoms with van der Waals surface area (Å²) in [5.74, 6) is -0.760. The van der Waals surface area contributed by atoms with Crippen molar-refractivity contribution in [3.63, 3.8) is 0 Å². The minimum Gasteiger partial charge on any atom is -0.377 e. The summed E-state index contributed by atoms with van der Waals surface area (Å²) in [6, 6.07) is -0.260. The van der Waals surface area contributed by atoms with Crippen molar-refractivity contribution in [1.82, 2.24) is 4.90 Å². The number of nitrogens with zero attached hydrogens (tertiary/aromatic N) is 1. The van der Waals surface area contributed by atoms with E-state index in [9.17, 15) is 9.18 Å². The van der Waals surface area contributed by atoms with E-state index < -0.39 is 11.5 Å². The zero-order chi connectivity index (χ0) is 10.7. The third-order valence-electron chi connectivity index (χ3n) is 2.33. The van der Waals surface area contributed by atoms with E-state index >= 15 is 0 Å². The minimum absolute atomic E-state index is 0.209. The van der Waals surface area contributed by atoms with Gasteiger partial charge < -0.3 is 14.4 Å². The molecule has 14 heavy (non-hydrogen) atoms. The molecule has 1 unspecified atom stereocenters. The topological polar surface area (TPSA) is 38.8 Å². The molecule has 1 saturated heterocycles. The van der Waals surface area contributed by atoms with Crippen molar-refractivity contribution in [2.75, 3.05) is 27.4 Å². The predicted molar refractivity (Wildman–Crippen MR) is 48.9 cm³/mol. The fourth-order valence-electron chi connectivity index (χ4n) is 1.43. The summed E-state index contributed by atoms with van der Waals surface area (Å²) in [6.45, 7) is 0.766. The van der Waals surface area contributed by atoms with Gasteiger partial charge in [-0.05, 0) is 0 Å². The molecule has 0 bridgehead atoms. The summed E-state index contributed by atoms with van der Waals surface area (Å²) in [6.07, 6.45) is -0.209. The smallest absolute Gasteiger partial charge is 0.272 e.